The summed E-state index contributed by atoms with van der Waals surface area (Å²) in [6.07, 6.45) is -0.0836. The van der Waals surface area contributed by atoms with Gasteiger partial charge in [-0.1, -0.05) is 41.4 Å². The molecule has 0 heterocycles. The molecular formula is C15H11Cl2FO2S. The van der Waals surface area contributed by atoms with Crippen LogP contribution in [0.1, 0.15) is 5.56 Å². The summed E-state index contributed by atoms with van der Waals surface area (Å²) < 4.78 is 25.5. The van der Waals surface area contributed by atoms with Crippen molar-refractivity contribution in [2.24, 2.45) is 0 Å². The van der Waals surface area contributed by atoms with Crippen molar-refractivity contribution in [1.29, 1.82) is 0 Å². The van der Waals surface area contributed by atoms with Gasteiger partial charge in [-0.2, -0.15) is 0 Å². The smallest absolute Gasteiger partial charge is 0.150 e. The van der Waals surface area contributed by atoms with Crippen LogP contribution in [0.5, 0.6) is 0 Å². The fourth-order valence-corrected chi connectivity index (χ4v) is 3.15. The van der Waals surface area contributed by atoms with Gasteiger partial charge in [-0.15, -0.1) is 0 Å². The zero-order valence-electron chi connectivity index (χ0n) is 10.8. The molecule has 21 heavy (non-hydrogen) atoms. The lowest BCUT2D eigenvalue weighted by atomic mass is 10.1. The van der Waals surface area contributed by atoms with Crippen molar-refractivity contribution < 1.29 is 13.4 Å². The van der Waals surface area contributed by atoms with Crippen molar-refractivity contribution in [3.8, 4) is 0 Å². The number of benzene rings is 2. The Morgan fingerprint density at radius 3 is 2.48 bits per heavy atom. The van der Waals surface area contributed by atoms with Crippen molar-refractivity contribution in [2.75, 3.05) is 5.75 Å². The highest BCUT2D eigenvalue weighted by molar-refractivity contribution is 7.85. The number of rotatable bonds is 5. The Kier molecular flexibility index (Phi) is 5.51. The number of carbonyl (C=O) groups is 1. The van der Waals surface area contributed by atoms with Gasteiger partial charge >= 0.3 is 0 Å². The second-order valence-electron chi connectivity index (χ2n) is 4.37. The molecule has 0 amide bonds. The van der Waals surface area contributed by atoms with Crippen molar-refractivity contribution >= 4 is 39.8 Å². The van der Waals surface area contributed by atoms with E-state index < -0.39 is 16.6 Å². The molecule has 0 aliphatic carbocycles. The number of Topliss-reactive ketones (excluding diaryl/α,β-unsaturated/α-hetero) is 1. The predicted octanol–water partition coefficient (Wildman–Crippen LogP) is 4.05. The van der Waals surface area contributed by atoms with Crippen LogP contribution in [0.2, 0.25) is 10.0 Å². The molecule has 0 N–H and O–H groups in total. The third-order valence-electron chi connectivity index (χ3n) is 2.79. The monoisotopic (exact) mass is 344 g/mol. The molecule has 0 bridgehead atoms. The highest BCUT2D eigenvalue weighted by Crippen LogP contribution is 2.24. The molecule has 110 valence electrons. The number of hydrogen-bond acceptors (Lipinski definition) is 2. The van der Waals surface area contributed by atoms with Gasteiger partial charge in [-0.05, 0) is 29.8 Å². The van der Waals surface area contributed by atoms with E-state index >= 15 is 0 Å². The van der Waals surface area contributed by atoms with Crippen LogP contribution in [0, 0.1) is 5.82 Å². The fourth-order valence-electron chi connectivity index (χ4n) is 1.75. The molecule has 1 atom stereocenters. The van der Waals surface area contributed by atoms with E-state index in [-0.39, 0.29) is 23.0 Å². The standard InChI is InChI=1S/C15H11Cl2FO2S/c16-13-6-5-12(8-14(13)17)21(20)9-11(19)7-10-3-1-2-4-15(10)18/h1-6,8H,7,9H2. The van der Waals surface area contributed by atoms with E-state index in [2.05, 4.69) is 0 Å². The third-order valence-corrected chi connectivity index (χ3v) is 4.89. The van der Waals surface area contributed by atoms with E-state index in [0.717, 1.165) is 0 Å². The summed E-state index contributed by atoms with van der Waals surface area (Å²) in [4.78, 5) is 12.3. The average Bonchev–Trinajstić information content (AvgIpc) is 2.44. The predicted molar refractivity (Wildman–Crippen MR) is 82.8 cm³/mol. The SMILES string of the molecule is O=C(Cc1ccccc1F)CS(=O)c1ccc(Cl)c(Cl)c1. The van der Waals surface area contributed by atoms with E-state index in [0.29, 0.717) is 15.5 Å². The lowest BCUT2D eigenvalue weighted by molar-refractivity contribution is -0.116. The van der Waals surface area contributed by atoms with Gasteiger partial charge in [0.1, 0.15) is 11.6 Å². The molecule has 0 aliphatic heterocycles. The summed E-state index contributed by atoms with van der Waals surface area (Å²) in [5.74, 6) is -0.928. The summed E-state index contributed by atoms with van der Waals surface area (Å²) >= 11 is 11.6. The second-order valence-corrected chi connectivity index (χ2v) is 6.64. The first-order valence-corrected chi connectivity index (χ1v) is 8.13. The fraction of sp³-hybridized carbons (Fsp3) is 0.133. The molecule has 2 rings (SSSR count). The van der Waals surface area contributed by atoms with Gasteiger partial charge in [0.05, 0.1) is 26.6 Å². The van der Waals surface area contributed by atoms with Crippen LogP contribution in [-0.4, -0.2) is 15.7 Å². The van der Waals surface area contributed by atoms with Crippen LogP contribution in [0.25, 0.3) is 0 Å². The van der Waals surface area contributed by atoms with Crippen molar-refractivity contribution in [3.63, 3.8) is 0 Å². The third kappa shape index (κ3) is 4.37. The van der Waals surface area contributed by atoms with Gasteiger partial charge in [0.2, 0.25) is 0 Å². The molecule has 0 radical (unpaired) electrons. The van der Waals surface area contributed by atoms with E-state index in [1.165, 1.54) is 24.3 Å². The zero-order valence-corrected chi connectivity index (χ0v) is 13.1. The summed E-state index contributed by atoms with van der Waals surface area (Å²) in [6, 6.07) is 10.6. The van der Waals surface area contributed by atoms with E-state index in [4.69, 9.17) is 23.2 Å². The van der Waals surface area contributed by atoms with E-state index in [1.807, 2.05) is 0 Å². The molecule has 6 heteroatoms. The van der Waals surface area contributed by atoms with Crippen LogP contribution in [-0.2, 0) is 22.0 Å². The molecule has 0 fully saturated rings. The molecule has 2 nitrogen and oxygen atoms in total. The topological polar surface area (TPSA) is 34.1 Å². The van der Waals surface area contributed by atoms with Crippen LogP contribution >= 0.6 is 23.2 Å². The number of carbonyl (C=O) groups excluding carboxylic acids is 1. The number of halogens is 3. The maximum absolute atomic E-state index is 13.4. The van der Waals surface area contributed by atoms with Gasteiger partial charge in [0.25, 0.3) is 0 Å². The molecule has 2 aromatic rings. The van der Waals surface area contributed by atoms with E-state index in [9.17, 15) is 13.4 Å². The Balaban J connectivity index is 2.04. The Labute approximate surface area is 134 Å². The Morgan fingerprint density at radius 1 is 1.10 bits per heavy atom. The summed E-state index contributed by atoms with van der Waals surface area (Å²) in [5, 5.41) is 0.638. The first kappa shape index (κ1) is 16.1. The number of hydrogen-bond donors (Lipinski definition) is 0. The van der Waals surface area contributed by atoms with Crippen LogP contribution < -0.4 is 0 Å². The molecule has 0 saturated heterocycles. The maximum Gasteiger partial charge on any atom is 0.150 e. The lowest BCUT2D eigenvalue weighted by Crippen LogP contribution is -2.14. The van der Waals surface area contributed by atoms with Gasteiger partial charge in [-0.3, -0.25) is 9.00 Å². The summed E-state index contributed by atoms with van der Waals surface area (Å²) in [7, 11) is -1.53. The first-order chi connectivity index (χ1) is 9.97. The Hall–Kier alpha value is -1.23. The molecule has 0 aliphatic rings. The Bertz CT molecular complexity index is 704. The molecule has 0 saturated carbocycles. The van der Waals surface area contributed by atoms with Crippen molar-refractivity contribution in [2.45, 2.75) is 11.3 Å². The zero-order chi connectivity index (χ0) is 15.4. The van der Waals surface area contributed by atoms with Gasteiger partial charge < -0.3 is 0 Å². The van der Waals surface area contributed by atoms with Gasteiger partial charge in [-0.25, -0.2) is 4.39 Å². The van der Waals surface area contributed by atoms with Crippen molar-refractivity contribution in [3.05, 3.63) is 63.9 Å². The van der Waals surface area contributed by atoms with Crippen LogP contribution in [0.3, 0.4) is 0 Å². The minimum atomic E-state index is -1.53. The largest absolute Gasteiger partial charge is 0.298 e. The molecular weight excluding hydrogens is 334 g/mol. The lowest BCUT2D eigenvalue weighted by Gasteiger charge is -2.05. The Morgan fingerprint density at radius 2 is 1.81 bits per heavy atom. The maximum atomic E-state index is 13.4. The minimum absolute atomic E-state index is 0.0836. The van der Waals surface area contributed by atoms with Crippen LogP contribution in [0.15, 0.2) is 47.4 Å². The van der Waals surface area contributed by atoms with E-state index in [1.54, 1.807) is 18.2 Å². The molecule has 0 spiro atoms. The summed E-state index contributed by atoms with van der Waals surface area (Å²) in [5.41, 5.74) is 0.300. The van der Waals surface area contributed by atoms with Gasteiger partial charge in [0, 0.05) is 11.3 Å². The second kappa shape index (κ2) is 7.16. The quantitative estimate of drug-likeness (QED) is 0.819. The first-order valence-electron chi connectivity index (χ1n) is 6.06. The normalized spacial score (nSPS) is 12.1. The highest BCUT2D eigenvalue weighted by atomic mass is 35.5. The molecule has 1 unspecified atom stereocenters. The highest BCUT2D eigenvalue weighted by Gasteiger charge is 2.14. The number of ketones is 1. The molecule has 0 aromatic heterocycles. The molecule has 2 aromatic carbocycles. The average molecular weight is 345 g/mol. The van der Waals surface area contributed by atoms with Crippen LogP contribution in [0.4, 0.5) is 4.39 Å². The van der Waals surface area contributed by atoms with Crippen molar-refractivity contribution in [1.82, 2.24) is 0 Å². The minimum Gasteiger partial charge on any atom is -0.298 e. The van der Waals surface area contributed by atoms with Gasteiger partial charge in [0.15, 0.2) is 0 Å². The summed E-state index contributed by atoms with van der Waals surface area (Å²) in [6.45, 7) is 0.